The summed E-state index contributed by atoms with van der Waals surface area (Å²) in [6.45, 7) is 2.32. The Bertz CT molecular complexity index is 310. The summed E-state index contributed by atoms with van der Waals surface area (Å²) >= 11 is 0. The fraction of sp³-hybridized carbons (Fsp3) is 1.00. The first-order chi connectivity index (χ1) is 11.2. The third-order valence-corrected chi connectivity index (χ3v) is 11.4. The Balaban J connectivity index is 2.13. The van der Waals surface area contributed by atoms with Crippen LogP contribution in [0, 0.1) is 5.92 Å². The van der Waals surface area contributed by atoms with Gasteiger partial charge in [-0.1, -0.05) is 77.6 Å². The number of ether oxygens (including phenoxy) is 3. The van der Waals surface area contributed by atoms with Crippen molar-refractivity contribution in [2.24, 2.45) is 5.92 Å². The van der Waals surface area contributed by atoms with E-state index in [1.54, 1.807) is 21.3 Å². The van der Waals surface area contributed by atoms with Crippen molar-refractivity contribution < 1.29 is 14.2 Å². The molecule has 0 bridgehead atoms. The predicted octanol–water partition coefficient (Wildman–Crippen LogP) is 5.04. The van der Waals surface area contributed by atoms with E-state index < -0.39 is 14.4 Å². The molecule has 4 heteroatoms. The maximum absolute atomic E-state index is 5.90. The molecule has 23 heavy (non-hydrogen) atoms. The zero-order valence-electron chi connectivity index (χ0n) is 15.8. The zero-order chi connectivity index (χ0) is 16.7. The van der Waals surface area contributed by atoms with E-state index in [0.717, 1.165) is 17.0 Å². The van der Waals surface area contributed by atoms with Crippen molar-refractivity contribution in [3.8, 4) is 0 Å². The van der Waals surface area contributed by atoms with E-state index in [1.165, 1.54) is 70.6 Å². The normalized spacial score (nSPS) is 28.7. The van der Waals surface area contributed by atoms with Gasteiger partial charge in [-0.3, -0.25) is 0 Å². The zero-order valence-corrected chi connectivity index (χ0v) is 17.0. The van der Waals surface area contributed by atoms with Crippen LogP contribution in [0.15, 0.2) is 0 Å². The van der Waals surface area contributed by atoms with Crippen LogP contribution in [0.25, 0.3) is 0 Å². The molecule has 2 aliphatic carbocycles. The lowest BCUT2D eigenvalue weighted by molar-refractivity contribution is -0.299. The van der Waals surface area contributed by atoms with Crippen molar-refractivity contribution >= 4 is 8.80 Å². The molecule has 0 aromatic rings. The van der Waals surface area contributed by atoms with Crippen molar-refractivity contribution in [2.45, 2.75) is 94.2 Å². The first kappa shape index (κ1) is 19.4. The molecule has 0 spiro atoms. The highest BCUT2D eigenvalue weighted by Gasteiger charge is 2.50. The molecule has 0 amide bonds. The summed E-state index contributed by atoms with van der Waals surface area (Å²) in [5, 5.41) is 0. The van der Waals surface area contributed by atoms with Gasteiger partial charge in [-0.2, -0.15) is 0 Å². The van der Waals surface area contributed by atoms with Crippen molar-refractivity contribution in [3.63, 3.8) is 0 Å². The van der Waals surface area contributed by atoms with Crippen LogP contribution in [0.3, 0.4) is 0 Å². The van der Waals surface area contributed by atoms with Crippen LogP contribution >= 0.6 is 0 Å². The minimum atomic E-state index is -1.36. The summed E-state index contributed by atoms with van der Waals surface area (Å²) in [6.07, 6.45) is 15.2. The lowest BCUT2D eigenvalue weighted by Crippen LogP contribution is -2.56. The molecule has 0 aromatic heterocycles. The number of hydrogen-bond acceptors (Lipinski definition) is 3. The molecule has 0 saturated heterocycles. The quantitative estimate of drug-likeness (QED) is 0.457. The monoisotopic (exact) mass is 342 g/mol. The molecule has 0 N–H and O–H groups in total. The first-order valence-corrected chi connectivity index (χ1v) is 11.8. The second-order valence-electron chi connectivity index (χ2n) is 7.71. The maximum atomic E-state index is 5.90. The molecular formula is C19H38O3Si. The van der Waals surface area contributed by atoms with Gasteiger partial charge in [0.2, 0.25) is 0 Å². The molecule has 0 radical (unpaired) electrons. The van der Waals surface area contributed by atoms with Crippen molar-refractivity contribution in [3.05, 3.63) is 0 Å². The third-order valence-electron chi connectivity index (χ3n) is 6.52. The lowest BCUT2D eigenvalue weighted by atomic mass is 9.86. The van der Waals surface area contributed by atoms with Crippen LogP contribution in [0.1, 0.15) is 77.6 Å². The summed E-state index contributed by atoms with van der Waals surface area (Å²) in [6, 6.07) is 0. The van der Waals surface area contributed by atoms with E-state index in [9.17, 15) is 0 Å². The number of hydrogen-bond donors (Lipinski definition) is 0. The van der Waals surface area contributed by atoms with E-state index in [-0.39, 0.29) is 0 Å². The second-order valence-corrected chi connectivity index (χ2v) is 11.4. The Labute approximate surface area is 145 Å². The number of rotatable bonds is 8. The maximum Gasteiger partial charge on any atom is 0.252 e. The van der Waals surface area contributed by atoms with Crippen LogP contribution < -0.4 is 0 Å². The van der Waals surface area contributed by atoms with Gasteiger partial charge in [0, 0.05) is 21.3 Å². The minimum Gasteiger partial charge on any atom is -0.335 e. The summed E-state index contributed by atoms with van der Waals surface area (Å²) in [7, 11) is 3.97. The molecule has 0 heterocycles. The summed E-state index contributed by atoms with van der Waals surface area (Å²) < 4.78 is 17.7. The highest BCUT2D eigenvalue weighted by atomic mass is 28.3. The SMILES string of the molecule is CCCC1CCC([SiH](C2CCCCC2)C(OC)(OC)OC)CC1. The van der Waals surface area contributed by atoms with Crippen LogP contribution in [0.2, 0.25) is 11.1 Å². The fourth-order valence-electron chi connectivity index (χ4n) is 5.36. The van der Waals surface area contributed by atoms with Crippen molar-refractivity contribution in [1.82, 2.24) is 0 Å². The molecule has 0 aliphatic heterocycles. The van der Waals surface area contributed by atoms with Gasteiger partial charge in [0.05, 0.1) is 0 Å². The van der Waals surface area contributed by atoms with E-state index in [4.69, 9.17) is 14.2 Å². The summed E-state index contributed by atoms with van der Waals surface area (Å²) in [5.41, 5.74) is 0.909. The van der Waals surface area contributed by atoms with Gasteiger partial charge in [0.1, 0.15) is 0 Å². The van der Waals surface area contributed by atoms with E-state index in [2.05, 4.69) is 6.92 Å². The minimum absolute atomic E-state index is 0.718. The highest BCUT2D eigenvalue weighted by molar-refractivity contribution is 6.64. The first-order valence-electron chi connectivity index (χ1n) is 9.86. The molecule has 136 valence electrons. The van der Waals surface area contributed by atoms with Gasteiger partial charge in [-0.05, 0) is 17.0 Å². The molecule has 2 fully saturated rings. The van der Waals surface area contributed by atoms with Gasteiger partial charge in [-0.25, -0.2) is 0 Å². The van der Waals surface area contributed by atoms with Gasteiger partial charge >= 0.3 is 0 Å². The topological polar surface area (TPSA) is 27.7 Å². The Morgan fingerprint density at radius 3 is 1.78 bits per heavy atom. The molecule has 0 aromatic carbocycles. The van der Waals surface area contributed by atoms with Gasteiger partial charge < -0.3 is 14.2 Å². The van der Waals surface area contributed by atoms with Gasteiger partial charge in [-0.15, -0.1) is 0 Å². The highest BCUT2D eigenvalue weighted by Crippen LogP contribution is 2.47. The van der Waals surface area contributed by atoms with Crippen LogP contribution in [0.5, 0.6) is 0 Å². The molecule has 2 rings (SSSR count). The predicted molar refractivity (Wildman–Crippen MR) is 98.4 cm³/mol. The Hall–Kier alpha value is 0.0969. The van der Waals surface area contributed by atoms with E-state index in [0.29, 0.717) is 0 Å². The Morgan fingerprint density at radius 1 is 0.783 bits per heavy atom. The standard InChI is InChI=1S/C19H38O3Si/c1-5-9-16-12-14-18(15-13-16)23(17-10-7-6-8-11-17)19(20-2,21-3)22-4/h16-18,23H,5-15H2,1-4H3. The van der Waals surface area contributed by atoms with Crippen LogP contribution in [-0.2, 0) is 14.2 Å². The third kappa shape index (κ3) is 4.59. The average molecular weight is 343 g/mol. The molecule has 3 nitrogen and oxygen atoms in total. The fourth-order valence-corrected chi connectivity index (χ4v) is 10.4. The van der Waals surface area contributed by atoms with Crippen LogP contribution in [-0.4, -0.2) is 35.7 Å². The van der Waals surface area contributed by atoms with E-state index >= 15 is 0 Å². The molecule has 1 atom stereocenters. The summed E-state index contributed by atoms with van der Waals surface area (Å²) in [5.74, 6) is 0.958. The molecule has 1 unspecified atom stereocenters. The van der Waals surface area contributed by atoms with Gasteiger partial charge in [0.15, 0.2) is 8.80 Å². The Morgan fingerprint density at radius 2 is 1.30 bits per heavy atom. The average Bonchev–Trinajstić information content (AvgIpc) is 2.62. The molecular weight excluding hydrogens is 304 g/mol. The Kier molecular flexibility index (Phi) is 8.06. The second kappa shape index (κ2) is 9.55. The molecule has 2 saturated carbocycles. The van der Waals surface area contributed by atoms with Gasteiger partial charge in [0.25, 0.3) is 5.60 Å². The smallest absolute Gasteiger partial charge is 0.252 e. The summed E-state index contributed by atoms with van der Waals surface area (Å²) in [4.78, 5) is 0. The van der Waals surface area contributed by atoms with Crippen LogP contribution in [0.4, 0.5) is 0 Å². The molecule has 2 aliphatic rings. The largest absolute Gasteiger partial charge is 0.335 e. The lowest BCUT2D eigenvalue weighted by Gasteiger charge is -2.46. The van der Waals surface area contributed by atoms with Crippen molar-refractivity contribution in [1.29, 1.82) is 0 Å². The van der Waals surface area contributed by atoms with E-state index in [1.807, 2.05) is 0 Å². The number of methoxy groups -OCH3 is 3. The van der Waals surface area contributed by atoms with Crippen molar-refractivity contribution in [2.75, 3.05) is 21.3 Å².